The Bertz CT molecular complexity index is 592. The van der Waals surface area contributed by atoms with Crippen molar-refractivity contribution in [1.82, 2.24) is 5.32 Å². The molecule has 8 heteroatoms. The summed E-state index contributed by atoms with van der Waals surface area (Å²) in [6.45, 7) is -0.0838. The highest BCUT2D eigenvalue weighted by Crippen LogP contribution is 2.28. The first-order valence-electron chi connectivity index (χ1n) is 7.35. The highest BCUT2D eigenvalue weighted by Gasteiger charge is 2.41. The van der Waals surface area contributed by atoms with Crippen LogP contribution in [0.3, 0.4) is 0 Å². The first kappa shape index (κ1) is 16.7. The summed E-state index contributed by atoms with van der Waals surface area (Å²) in [6.07, 6.45) is 2.41. The molecule has 1 aliphatic rings. The molecule has 0 atom stereocenters. The van der Waals surface area contributed by atoms with E-state index in [1.807, 2.05) is 0 Å². The van der Waals surface area contributed by atoms with Gasteiger partial charge in [0.25, 0.3) is 5.69 Å². The van der Waals surface area contributed by atoms with Crippen molar-refractivity contribution in [3.63, 3.8) is 0 Å². The number of carbonyl (C=O) groups is 2. The smallest absolute Gasteiger partial charge is 0.408 e. The molecule has 0 saturated heterocycles. The Balaban J connectivity index is 1.91. The minimum atomic E-state index is -1.26. The quantitative estimate of drug-likeness (QED) is 0.635. The van der Waals surface area contributed by atoms with E-state index in [4.69, 9.17) is 4.74 Å². The van der Waals surface area contributed by atoms with Crippen LogP contribution in [0.15, 0.2) is 24.3 Å². The van der Waals surface area contributed by atoms with Gasteiger partial charge in [0.15, 0.2) is 0 Å². The number of amides is 1. The summed E-state index contributed by atoms with van der Waals surface area (Å²) < 4.78 is 5.02. The number of nitro benzene ring substituents is 1. The normalized spacial score (nSPS) is 16.3. The molecule has 8 nitrogen and oxygen atoms in total. The van der Waals surface area contributed by atoms with Crippen LogP contribution in [0.25, 0.3) is 0 Å². The number of carboxylic acids is 1. The first-order chi connectivity index (χ1) is 10.9. The molecule has 0 aromatic heterocycles. The molecule has 1 fully saturated rings. The second kappa shape index (κ2) is 7.08. The van der Waals surface area contributed by atoms with E-state index in [1.54, 1.807) is 0 Å². The van der Waals surface area contributed by atoms with Gasteiger partial charge in [-0.05, 0) is 30.5 Å². The third-order valence-corrected chi connectivity index (χ3v) is 3.97. The molecule has 23 heavy (non-hydrogen) atoms. The van der Waals surface area contributed by atoms with Crippen LogP contribution < -0.4 is 5.32 Å². The van der Waals surface area contributed by atoms with Gasteiger partial charge in [0.05, 0.1) is 4.92 Å². The number of alkyl carbamates (subject to hydrolysis) is 1. The number of nitrogens with one attached hydrogen (secondary N) is 1. The van der Waals surface area contributed by atoms with Crippen LogP contribution in [0.1, 0.15) is 37.7 Å². The molecule has 1 amide bonds. The van der Waals surface area contributed by atoms with Crippen molar-refractivity contribution < 1.29 is 24.4 Å². The van der Waals surface area contributed by atoms with Gasteiger partial charge in [-0.15, -0.1) is 0 Å². The molecule has 2 N–H and O–H groups in total. The van der Waals surface area contributed by atoms with E-state index in [1.165, 1.54) is 24.3 Å². The summed E-state index contributed by atoms with van der Waals surface area (Å²) in [5.74, 6) is -1.05. The lowest BCUT2D eigenvalue weighted by atomic mass is 9.82. The number of aliphatic carboxylic acids is 1. The van der Waals surface area contributed by atoms with E-state index in [2.05, 4.69) is 5.32 Å². The van der Waals surface area contributed by atoms with E-state index in [9.17, 15) is 24.8 Å². The van der Waals surface area contributed by atoms with Crippen molar-refractivity contribution in [3.8, 4) is 0 Å². The van der Waals surface area contributed by atoms with E-state index >= 15 is 0 Å². The zero-order valence-electron chi connectivity index (χ0n) is 12.5. The Hall–Kier alpha value is -2.64. The van der Waals surface area contributed by atoms with Crippen molar-refractivity contribution in [2.75, 3.05) is 0 Å². The minimum Gasteiger partial charge on any atom is -0.480 e. The Kier molecular flexibility index (Phi) is 5.15. The molecule has 0 bridgehead atoms. The standard InChI is InChI=1S/C15H18N2O6/c18-13(19)15(8-2-1-3-9-15)16-14(20)23-10-11-4-6-12(7-5-11)17(21)22/h4-7H,1-3,8-10H2,(H,16,20)(H,18,19). The number of carbonyl (C=O) groups excluding carboxylic acids is 1. The highest BCUT2D eigenvalue weighted by atomic mass is 16.6. The molecule has 0 radical (unpaired) electrons. The predicted molar refractivity (Wildman–Crippen MR) is 79.9 cm³/mol. The molecule has 124 valence electrons. The van der Waals surface area contributed by atoms with Gasteiger partial charge in [0.1, 0.15) is 12.1 Å². The van der Waals surface area contributed by atoms with Crippen molar-refractivity contribution in [3.05, 3.63) is 39.9 Å². The van der Waals surface area contributed by atoms with E-state index < -0.39 is 22.5 Å². The molecule has 1 aromatic carbocycles. The Morgan fingerprint density at radius 1 is 1.22 bits per heavy atom. The fourth-order valence-electron chi connectivity index (χ4n) is 2.64. The summed E-state index contributed by atoms with van der Waals surface area (Å²) in [6, 6.07) is 5.60. The monoisotopic (exact) mass is 322 g/mol. The summed E-state index contributed by atoms with van der Waals surface area (Å²) in [5.41, 5.74) is -0.728. The molecule has 1 saturated carbocycles. The van der Waals surface area contributed by atoms with E-state index in [-0.39, 0.29) is 12.3 Å². The number of ether oxygens (including phenoxy) is 1. The van der Waals surface area contributed by atoms with Crippen LogP contribution in [0.2, 0.25) is 0 Å². The van der Waals surface area contributed by atoms with Gasteiger partial charge in [-0.3, -0.25) is 10.1 Å². The number of non-ortho nitro benzene ring substituents is 1. The number of benzene rings is 1. The maximum Gasteiger partial charge on any atom is 0.408 e. The zero-order valence-corrected chi connectivity index (χ0v) is 12.5. The van der Waals surface area contributed by atoms with Gasteiger partial charge in [-0.1, -0.05) is 19.3 Å². The van der Waals surface area contributed by atoms with E-state index in [0.29, 0.717) is 18.4 Å². The lowest BCUT2D eigenvalue weighted by Gasteiger charge is -2.33. The number of nitro groups is 1. The van der Waals surface area contributed by atoms with Gasteiger partial charge in [-0.2, -0.15) is 0 Å². The maximum atomic E-state index is 11.9. The minimum absolute atomic E-state index is 0.0507. The van der Waals surface area contributed by atoms with Crippen molar-refractivity contribution >= 4 is 17.7 Å². The average molecular weight is 322 g/mol. The third-order valence-electron chi connectivity index (χ3n) is 3.97. The van der Waals surface area contributed by atoms with Gasteiger partial charge in [0.2, 0.25) is 0 Å². The highest BCUT2D eigenvalue weighted by molar-refractivity contribution is 5.84. The van der Waals surface area contributed by atoms with Crippen LogP contribution in [-0.2, 0) is 16.1 Å². The summed E-state index contributed by atoms with van der Waals surface area (Å²) in [5, 5.41) is 22.4. The SMILES string of the molecule is O=C(NC1(C(=O)O)CCCCC1)OCc1ccc([N+](=O)[O-])cc1. The molecule has 0 spiro atoms. The van der Waals surface area contributed by atoms with Gasteiger partial charge in [0, 0.05) is 12.1 Å². The van der Waals surface area contributed by atoms with Gasteiger partial charge >= 0.3 is 12.1 Å². The van der Waals surface area contributed by atoms with Crippen LogP contribution >= 0.6 is 0 Å². The first-order valence-corrected chi connectivity index (χ1v) is 7.35. The van der Waals surface area contributed by atoms with Gasteiger partial charge < -0.3 is 15.2 Å². The lowest BCUT2D eigenvalue weighted by Crippen LogP contribution is -2.55. The number of nitrogens with zero attached hydrogens (tertiary/aromatic N) is 1. The second-order valence-electron chi connectivity index (χ2n) is 5.57. The number of rotatable bonds is 5. The van der Waals surface area contributed by atoms with Crippen LogP contribution in [0.5, 0.6) is 0 Å². The van der Waals surface area contributed by atoms with Crippen LogP contribution in [0.4, 0.5) is 10.5 Å². The second-order valence-corrected chi connectivity index (χ2v) is 5.57. The number of carboxylic acid groups (broad SMARTS) is 1. The Morgan fingerprint density at radius 3 is 2.35 bits per heavy atom. The molecule has 0 aliphatic heterocycles. The van der Waals surface area contributed by atoms with Crippen molar-refractivity contribution in [2.24, 2.45) is 0 Å². The summed E-state index contributed by atoms with van der Waals surface area (Å²) >= 11 is 0. The predicted octanol–water partition coefficient (Wildman–Crippen LogP) is 2.61. The molecular weight excluding hydrogens is 304 g/mol. The zero-order chi connectivity index (χ0) is 16.9. The Labute approximate surface area is 132 Å². The van der Waals surface area contributed by atoms with E-state index in [0.717, 1.165) is 19.3 Å². The molecule has 0 heterocycles. The van der Waals surface area contributed by atoms with Crippen LogP contribution in [0, 0.1) is 10.1 Å². The maximum absolute atomic E-state index is 11.9. The summed E-state index contributed by atoms with van der Waals surface area (Å²) in [4.78, 5) is 33.4. The fraction of sp³-hybridized carbons (Fsp3) is 0.467. The third kappa shape index (κ3) is 4.18. The summed E-state index contributed by atoms with van der Waals surface area (Å²) in [7, 11) is 0. The van der Waals surface area contributed by atoms with Crippen molar-refractivity contribution in [2.45, 2.75) is 44.2 Å². The fourth-order valence-corrected chi connectivity index (χ4v) is 2.64. The largest absolute Gasteiger partial charge is 0.480 e. The molecule has 1 aliphatic carbocycles. The average Bonchev–Trinajstić information content (AvgIpc) is 2.54. The molecule has 2 rings (SSSR count). The molecule has 1 aromatic rings. The topological polar surface area (TPSA) is 119 Å². The van der Waals surface area contributed by atoms with Gasteiger partial charge in [-0.25, -0.2) is 9.59 Å². The van der Waals surface area contributed by atoms with Crippen molar-refractivity contribution in [1.29, 1.82) is 0 Å². The molecular formula is C15H18N2O6. The molecule has 0 unspecified atom stereocenters. The number of hydrogen-bond donors (Lipinski definition) is 2. The Morgan fingerprint density at radius 2 is 1.83 bits per heavy atom. The number of hydrogen-bond acceptors (Lipinski definition) is 5. The van der Waals surface area contributed by atoms with Crippen LogP contribution in [-0.4, -0.2) is 27.6 Å². The lowest BCUT2D eigenvalue weighted by molar-refractivity contribution is -0.384.